The Bertz CT molecular complexity index is 1120. The van der Waals surface area contributed by atoms with Gasteiger partial charge in [-0.05, 0) is 36.0 Å². The SMILES string of the molecule is N#Cc1ccc(SC(F)(F)F)c(-c2cc(=O)c3c(F)cc(F)cc3[nH]2)c1. The molecule has 3 nitrogen and oxygen atoms in total. The summed E-state index contributed by atoms with van der Waals surface area (Å²) < 4.78 is 65.6. The molecule has 0 aliphatic heterocycles. The van der Waals surface area contributed by atoms with E-state index in [4.69, 9.17) is 5.26 Å². The van der Waals surface area contributed by atoms with E-state index in [0.29, 0.717) is 6.07 Å². The maximum atomic E-state index is 13.8. The molecule has 1 heterocycles. The number of benzene rings is 2. The Morgan fingerprint density at radius 2 is 1.81 bits per heavy atom. The normalized spacial score (nSPS) is 11.5. The second kappa shape index (κ2) is 6.46. The fourth-order valence-electron chi connectivity index (χ4n) is 2.48. The Hall–Kier alpha value is -2.86. The number of halogens is 5. The average Bonchev–Trinajstić information content (AvgIpc) is 2.52. The number of alkyl halides is 3. The standard InChI is InChI=1S/C17H7F5N2OS/c18-9-4-11(19)16-13(5-9)24-12(6-14(16)25)10-3-8(7-23)1-2-15(10)26-17(20,21)22/h1-6H,(H,24,25). The van der Waals surface area contributed by atoms with Gasteiger partial charge in [-0.15, -0.1) is 0 Å². The molecule has 0 bridgehead atoms. The van der Waals surface area contributed by atoms with Crippen molar-refractivity contribution in [3.05, 3.63) is 63.8 Å². The summed E-state index contributed by atoms with van der Waals surface area (Å²) in [6, 6.07) is 7.59. The molecular weight excluding hydrogens is 375 g/mol. The number of nitriles is 1. The maximum Gasteiger partial charge on any atom is 0.446 e. The van der Waals surface area contributed by atoms with Crippen molar-refractivity contribution in [3.63, 3.8) is 0 Å². The van der Waals surface area contributed by atoms with E-state index < -0.39 is 39.7 Å². The van der Waals surface area contributed by atoms with Crippen molar-refractivity contribution in [2.75, 3.05) is 0 Å². The summed E-state index contributed by atoms with van der Waals surface area (Å²) in [6.45, 7) is 0. The third kappa shape index (κ3) is 3.55. The van der Waals surface area contributed by atoms with Crippen LogP contribution in [0.25, 0.3) is 22.2 Å². The lowest BCUT2D eigenvalue weighted by molar-refractivity contribution is -0.0328. The number of fused-ring (bicyclic) bond motifs is 1. The predicted molar refractivity (Wildman–Crippen MR) is 86.5 cm³/mol. The molecule has 0 fully saturated rings. The van der Waals surface area contributed by atoms with E-state index in [1.807, 2.05) is 0 Å². The first-order chi connectivity index (χ1) is 12.2. The molecule has 1 N–H and O–H groups in total. The summed E-state index contributed by atoms with van der Waals surface area (Å²) in [6.07, 6.45) is 0. The van der Waals surface area contributed by atoms with Crippen molar-refractivity contribution in [1.82, 2.24) is 4.98 Å². The highest BCUT2D eigenvalue weighted by Crippen LogP contribution is 2.41. The van der Waals surface area contributed by atoms with Gasteiger partial charge in [0.1, 0.15) is 11.6 Å². The van der Waals surface area contributed by atoms with Gasteiger partial charge in [0.15, 0.2) is 5.43 Å². The lowest BCUT2D eigenvalue weighted by Gasteiger charge is -2.12. The molecule has 0 aliphatic carbocycles. The van der Waals surface area contributed by atoms with Crippen LogP contribution >= 0.6 is 11.8 Å². The van der Waals surface area contributed by atoms with Gasteiger partial charge in [-0.25, -0.2) is 8.78 Å². The van der Waals surface area contributed by atoms with E-state index in [-0.39, 0.29) is 27.2 Å². The number of thioether (sulfide) groups is 1. The Kier molecular flexibility index (Phi) is 4.46. The van der Waals surface area contributed by atoms with Crippen LogP contribution in [0.2, 0.25) is 0 Å². The number of rotatable bonds is 2. The summed E-state index contributed by atoms with van der Waals surface area (Å²) in [4.78, 5) is 14.5. The molecule has 0 saturated carbocycles. The Morgan fingerprint density at radius 3 is 2.46 bits per heavy atom. The summed E-state index contributed by atoms with van der Waals surface area (Å²) in [5.74, 6) is -2.03. The van der Waals surface area contributed by atoms with E-state index in [2.05, 4.69) is 4.98 Å². The predicted octanol–water partition coefficient (Wildman–Crippen LogP) is 4.96. The topological polar surface area (TPSA) is 56.6 Å². The molecular formula is C17H7F5N2OS. The van der Waals surface area contributed by atoms with E-state index in [1.54, 1.807) is 6.07 Å². The number of aromatic amines is 1. The minimum absolute atomic E-state index is 0.0675. The molecule has 0 spiro atoms. The summed E-state index contributed by atoms with van der Waals surface area (Å²) in [5, 5.41) is 8.58. The van der Waals surface area contributed by atoms with Crippen LogP contribution in [-0.2, 0) is 0 Å². The number of aromatic nitrogens is 1. The van der Waals surface area contributed by atoms with E-state index >= 15 is 0 Å². The Morgan fingerprint density at radius 1 is 1.08 bits per heavy atom. The summed E-state index contributed by atoms with van der Waals surface area (Å²) in [7, 11) is 0. The largest absolute Gasteiger partial charge is 0.446 e. The molecule has 1 aromatic heterocycles. The van der Waals surface area contributed by atoms with Crippen LogP contribution in [0.4, 0.5) is 22.0 Å². The number of hydrogen-bond donors (Lipinski definition) is 1. The van der Waals surface area contributed by atoms with Crippen LogP contribution in [-0.4, -0.2) is 10.5 Å². The molecule has 3 aromatic rings. The maximum absolute atomic E-state index is 13.8. The number of nitrogens with zero attached hydrogens (tertiary/aromatic N) is 1. The first-order valence-corrected chi connectivity index (χ1v) is 7.82. The molecule has 132 valence electrons. The van der Waals surface area contributed by atoms with Crippen molar-refractivity contribution in [2.24, 2.45) is 0 Å². The van der Waals surface area contributed by atoms with Gasteiger partial charge in [-0.1, -0.05) is 0 Å². The van der Waals surface area contributed by atoms with Crippen LogP contribution < -0.4 is 5.43 Å². The fraction of sp³-hybridized carbons (Fsp3) is 0.0588. The minimum atomic E-state index is -4.60. The van der Waals surface area contributed by atoms with Gasteiger partial charge in [0.05, 0.1) is 28.2 Å². The zero-order valence-electron chi connectivity index (χ0n) is 12.6. The lowest BCUT2D eigenvalue weighted by Crippen LogP contribution is -2.07. The van der Waals surface area contributed by atoms with Crippen molar-refractivity contribution >= 4 is 22.7 Å². The molecule has 0 saturated heterocycles. The third-order valence-electron chi connectivity index (χ3n) is 3.47. The van der Waals surface area contributed by atoms with E-state index in [9.17, 15) is 26.7 Å². The number of pyridine rings is 1. The van der Waals surface area contributed by atoms with E-state index in [1.165, 1.54) is 12.1 Å². The van der Waals surface area contributed by atoms with Gasteiger partial charge in [0.2, 0.25) is 0 Å². The third-order valence-corrected chi connectivity index (χ3v) is 4.28. The Balaban J connectivity index is 2.29. The first kappa shape index (κ1) is 17.9. The average molecular weight is 382 g/mol. The van der Waals surface area contributed by atoms with Crippen LogP contribution in [0.3, 0.4) is 0 Å². The molecule has 26 heavy (non-hydrogen) atoms. The van der Waals surface area contributed by atoms with Gasteiger partial charge < -0.3 is 4.98 Å². The molecule has 0 unspecified atom stereocenters. The number of nitrogens with one attached hydrogen (secondary N) is 1. The van der Waals surface area contributed by atoms with E-state index in [0.717, 1.165) is 18.2 Å². The number of hydrogen-bond acceptors (Lipinski definition) is 3. The molecule has 3 rings (SSSR count). The van der Waals surface area contributed by atoms with Crippen LogP contribution in [0.1, 0.15) is 5.56 Å². The second-order valence-electron chi connectivity index (χ2n) is 5.23. The highest BCUT2D eigenvalue weighted by atomic mass is 32.2. The van der Waals surface area contributed by atoms with Crippen molar-refractivity contribution in [2.45, 2.75) is 10.4 Å². The smallest absolute Gasteiger partial charge is 0.354 e. The molecule has 9 heteroatoms. The molecule has 0 atom stereocenters. The van der Waals surface area contributed by atoms with Gasteiger partial charge in [-0.2, -0.15) is 18.4 Å². The Labute approximate surface area is 147 Å². The lowest BCUT2D eigenvalue weighted by atomic mass is 10.1. The monoisotopic (exact) mass is 382 g/mol. The van der Waals surface area contributed by atoms with Crippen LogP contribution in [0, 0.1) is 23.0 Å². The molecule has 0 amide bonds. The zero-order valence-corrected chi connectivity index (χ0v) is 13.4. The highest BCUT2D eigenvalue weighted by molar-refractivity contribution is 8.00. The van der Waals surface area contributed by atoms with Crippen LogP contribution in [0.15, 0.2) is 46.1 Å². The van der Waals surface area contributed by atoms with Gasteiger partial charge in [-0.3, -0.25) is 4.79 Å². The number of H-pyrrole nitrogens is 1. The van der Waals surface area contributed by atoms with Gasteiger partial charge in [0.25, 0.3) is 0 Å². The zero-order chi connectivity index (χ0) is 19.1. The highest BCUT2D eigenvalue weighted by Gasteiger charge is 2.31. The quantitative estimate of drug-likeness (QED) is 0.504. The summed E-state index contributed by atoms with van der Waals surface area (Å²) >= 11 is -0.421. The molecule has 0 aliphatic rings. The minimum Gasteiger partial charge on any atom is -0.354 e. The van der Waals surface area contributed by atoms with Crippen molar-refractivity contribution < 1.29 is 22.0 Å². The van der Waals surface area contributed by atoms with Crippen molar-refractivity contribution in [3.8, 4) is 17.3 Å². The van der Waals surface area contributed by atoms with Crippen LogP contribution in [0.5, 0.6) is 0 Å². The molecule has 0 radical (unpaired) electrons. The van der Waals surface area contributed by atoms with Crippen molar-refractivity contribution in [1.29, 1.82) is 5.26 Å². The summed E-state index contributed by atoms with van der Waals surface area (Å²) in [5.41, 5.74) is -5.71. The fourth-order valence-corrected chi connectivity index (χ4v) is 3.14. The second-order valence-corrected chi connectivity index (χ2v) is 6.33. The first-order valence-electron chi connectivity index (χ1n) is 7.00. The molecule has 2 aromatic carbocycles. The van der Waals surface area contributed by atoms with Gasteiger partial charge >= 0.3 is 5.51 Å². The van der Waals surface area contributed by atoms with Gasteiger partial charge in [0, 0.05) is 22.6 Å².